The Labute approximate surface area is 225 Å². The van der Waals surface area contributed by atoms with Crippen molar-refractivity contribution in [1.29, 1.82) is 0 Å². The van der Waals surface area contributed by atoms with Gasteiger partial charge in [0.25, 0.3) is 0 Å². The van der Waals surface area contributed by atoms with Crippen LogP contribution in [0.4, 0.5) is 0 Å². The maximum absolute atomic E-state index is 11.9. The Morgan fingerprint density at radius 1 is 0.553 bits per heavy atom. The van der Waals surface area contributed by atoms with Crippen LogP contribution in [0.2, 0.25) is 0 Å². The summed E-state index contributed by atoms with van der Waals surface area (Å²) in [5, 5.41) is 20.9. The smallest absolute Gasteiger partial charge is 0.335 e. The molecule has 4 nitrogen and oxygen atoms in total. The van der Waals surface area contributed by atoms with E-state index in [4.69, 9.17) is 0 Å². The molecular weight excluding hydrogens is 492 g/mol. The van der Waals surface area contributed by atoms with Gasteiger partial charge in [0, 0.05) is 34.4 Å². The third-order valence-corrected chi connectivity index (χ3v) is 5.96. The SMILES string of the molecule is CS(C)=O.O=C(O)c1cc(-c2ccc(-c3ccccc3)cc2)c(O)c(-c2ccc(-c3ccccc3)cc2)c1. The van der Waals surface area contributed by atoms with Crippen molar-refractivity contribution >= 4 is 16.8 Å². The van der Waals surface area contributed by atoms with E-state index in [2.05, 4.69) is 0 Å². The summed E-state index contributed by atoms with van der Waals surface area (Å²) >= 11 is 0. The van der Waals surface area contributed by atoms with Crippen molar-refractivity contribution in [3.8, 4) is 50.3 Å². The summed E-state index contributed by atoms with van der Waals surface area (Å²) in [5.74, 6) is -0.978. The topological polar surface area (TPSA) is 74.6 Å². The number of carboxylic acid groups (broad SMARTS) is 1. The Bertz CT molecular complexity index is 1440. The summed E-state index contributed by atoms with van der Waals surface area (Å²) in [5.41, 5.74) is 6.90. The van der Waals surface area contributed by atoms with E-state index >= 15 is 0 Å². The molecule has 0 aliphatic heterocycles. The van der Waals surface area contributed by atoms with Gasteiger partial charge in [-0.2, -0.15) is 0 Å². The maximum Gasteiger partial charge on any atom is 0.335 e. The lowest BCUT2D eigenvalue weighted by molar-refractivity contribution is 0.0697. The summed E-state index contributed by atoms with van der Waals surface area (Å²) in [6.45, 7) is 0. The normalized spacial score (nSPS) is 10.5. The number of phenols is 1. The number of aromatic hydroxyl groups is 1. The molecule has 5 heteroatoms. The minimum absolute atomic E-state index is 0.0601. The van der Waals surface area contributed by atoms with Gasteiger partial charge in [-0.15, -0.1) is 0 Å². The van der Waals surface area contributed by atoms with Gasteiger partial charge in [0.2, 0.25) is 0 Å². The summed E-state index contributed by atoms with van der Waals surface area (Å²) in [7, 11) is -0.611. The molecule has 0 saturated carbocycles. The molecule has 0 spiro atoms. The predicted octanol–water partition coefficient (Wildman–Crippen LogP) is 7.75. The molecule has 5 aromatic rings. The number of carbonyl (C=O) groups is 1. The molecule has 190 valence electrons. The van der Waals surface area contributed by atoms with Crippen LogP contribution in [0, 0.1) is 0 Å². The maximum atomic E-state index is 11.9. The highest BCUT2D eigenvalue weighted by Crippen LogP contribution is 2.40. The summed E-state index contributed by atoms with van der Waals surface area (Å²) < 4.78 is 9.56. The van der Waals surface area contributed by atoms with Crippen molar-refractivity contribution in [2.24, 2.45) is 0 Å². The van der Waals surface area contributed by atoms with Crippen molar-refractivity contribution in [2.45, 2.75) is 0 Å². The monoisotopic (exact) mass is 520 g/mol. The second-order valence-corrected chi connectivity index (χ2v) is 10.3. The largest absolute Gasteiger partial charge is 0.507 e. The zero-order chi connectivity index (χ0) is 27.1. The van der Waals surface area contributed by atoms with Gasteiger partial charge in [0.1, 0.15) is 5.75 Å². The van der Waals surface area contributed by atoms with Crippen LogP contribution in [0.5, 0.6) is 5.75 Å². The first-order valence-corrected chi connectivity index (χ1v) is 14.0. The van der Waals surface area contributed by atoms with Gasteiger partial charge < -0.3 is 10.2 Å². The molecule has 5 rings (SSSR count). The molecule has 0 aliphatic carbocycles. The Hall–Kier alpha value is -4.48. The number of hydrogen-bond acceptors (Lipinski definition) is 3. The molecule has 0 saturated heterocycles. The van der Waals surface area contributed by atoms with Gasteiger partial charge >= 0.3 is 5.97 Å². The number of hydrogen-bond donors (Lipinski definition) is 2. The third kappa shape index (κ3) is 6.44. The van der Waals surface area contributed by atoms with E-state index in [1.165, 1.54) is 12.1 Å². The summed E-state index contributed by atoms with van der Waals surface area (Å²) in [4.78, 5) is 11.9. The highest BCUT2D eigenvalue weighted by atomic mass is 32.2. The average Bonchev–Trinajstić information content (AvgIpc) is 2.94. The number of rotatable bonds is 5. The summed E-state index contributed by atoms with van der Waals surface area (Å²) in [6.07, 6.45) is 3.28. The quantitative estimate of drug-likeness (QED) is 0.248. The van der Waals surface area contributed by atoms with Crippen LogP contribution in [0.3, 0.4) is 0 Å². The highest BCUT2D eigenvalue weighted by molar-refractivity contribution is 7.83. The lowest BCUT2D eigenvalue weighted by Crippen LogP contribution is -1.98. The van der Waals surface area contributed by atoms with E-state index in [1.54, 1.807) is 12.5 Å². The van der Waals surface area contributed by atoms with Gasteiger partial charge in [-0.3, -0.25) is 4.21 Å². The zero-order valence-electron chi connectivity index (χ0n) is 21.2. The molecule has 0 amide bonds. The molecule has 0 aromatic heterocycles. The van der Waals surface area contributed by atoms with Gasteiger partial charge in [0.05, 0.1) is 5.56 Å². The molecular formula is C33H28O4S. The van der Waals surface area contributed by atoms with Crippen LogP contribution in [0.25, 0.3) is 44.5 Å². The number of benzene rings is 5. The Morgan fingerprint density at radius 2 is 0.842 bits per heavy atom. The molecule has 0 bridgehead atoms. The molecule has 5 aromatic carbocycles. The van der Waals surface area contributed by atoms with Crippen molar-refractivity contribution < 1.29 is 19.2 Å². The predicted molar refractivity (Wildman–Crippen MR) is 157 cm³/mol. The first-order chi connectivity index (χ1) is 18.3. The molecule has 38 heavy (non-hydrogen) atoms. The molecule has 0 heterocycles. The van der Waals surface area contributed by atoms with E-state index < -0.39 is 16.8 Å². The van der Waals surface area contributed by atoms with Crippen molar-refractivity contribution in [2.75, 3.05) is 12.5 Å². The highest BCUT2D eigenvalue weighted by Gasteiger charge is 2.17. The van der Waals surface area contributed by atoms with Crippen molar-refractivity contribution in [3.63, 3.8) is 0 Å². The fraction of sp³-hybridized carbons (Fsp3) is 0.0606. The minimum Gasteiger partial charge on any atom is -0.507 e. The van der Waals surface area contributed by atoms with Crippen molar-refractivity contribution in [1.82, 2.24) is 0 Å². The van der Waals surface area contributed by atoms with Crippen LogP contribution >= 0.6 is 0 Å². The lowest BCUT2D eigenvalue weighted by Gasteiger charge is -2.13. The first kappa shape index (κ1) is 26.6. The van der Waals surface area contributed by atoms with Crippen LogP contribution in [0.1, 0.15) is 10.4 Å². The number of carboxylic acids is 1. The first-order valence-electron chi connectivity index (χ1n) is 12.0. The van der Waals surface area contributed by atoms with Crippen molar-refractivity contribution in [3.05, 3.63) is 127 Å². The minimum atomic E-state index is -1.04. The second-order valence-electron chi connectivity index (χ2n) is 8.85. The molecule has 0 radical (unpaired) electrons. The Balaban J connectivity index is 0.000000786. The zero-order valence-corrected chi connectivity index (χ0v) is 22.0. The average molecular weight is 521 g/mol. The standard InChI is InChI=1S/C31H22O3.C2H6OS/c32-30-28(25-15-11-23(12-16-25)21-7-3-1-4-8-21)19-27(31(33)34)20-29(30)26-17-13-24(14-18-26)22-9-5-2-6-10-22;1-4(2)3/h1-20,32H,(H,33,34);1-2H3. The fourth-order valence-corrected chi connectivity index (χ4v) is 4.14. The van der Waals surface area contributed by atoms with Gasteiger partial charge in [-0.1, -0.05) is 109 Å². The van der Waals surface area contributed by atoms with Crippen LogP contribution in [-0.4, -0.2) is 32.9 Å². The van der Waals surface area contributed by atoms with Gasteiger partial charge in [-0.05, 0) is 45.5 Å². The molecule has 0 unspecified atom stereocenters. The number of aromatic carboxylic acids is 1. The fourth-order valence-electron chi connectivity index (χ4n) is 4.14. The van der Waals surface area contributed by atoms with E-state index in [0.29, 0.717) is 11.1 Å². The van der Waals surface area contributed by atoms with Gasteiger partial charge in [-0.25, -0.2) is 4.79 Å². The Morgan fingerprint density at radius 3 is 1.16 bits per heavy atom. The molecule has 0 aliphatic rings. The molecule has 0 fully saturated rings. The van der Waals surface area contributed by atoms with Crippen LogP contribution in [-0.2, 0) is 10.8 Å². The van der Waals surface area contributed by atoms with E-state index in [-0.39, 0.29) is 11.3 Å². The van der Waals surface area contributed by atoms with Crippen LogP contribution < -0.4 is 0 Å². The van der Waals surface area contributed by atoms with E-state index in [9.17, 15) is 19.2 Å². The van der Waals surface area contributed by atoms with Gasteiger partial charge in [0.15, 0.2) is 0 Å². The summed E-state index contributed by atoms with van der Waals surface area (Å²) in [6, 6.07) is 38.6. The number of phenolic OH excluding ortho intramolecular Hbond substituents is 1. The Kier molecular flexibility index (Phi) is 8.51. The molecule has 0 atom stereocenters. The van der Waals surface area contributed by atoms with E-state index in [0.717, 1.165) is 33.4 Å². The third-order valence-electron chi connectivity index (χ3n) is 5.96. The molecule has 2 N–H and O–H groups in total. The van der Waals surface area contributed by atoms with Crippen LogP contribution in [0.15, 0.2) is 121 Å². The second kappa shape index (κ2) is 12.2. The van der Waals surface area contributed by atoms with E-state index in [1.807, 2.05) is 109 Å². The lowest BCUT2D eigenvalue weighted by atomic mass is 9.92.